The van der Waals surface area contributed by atoms with Crippen molar-refractivity contribution in [2.45, 2.75) is 33.7 Å². The van der Waals surface area contributed by atoms with Crippen LogP contribution in [0.1, 0.15) is 42.1 Å². The fraction of sp³-hybridized carbons (Fsp3) is 0.350. The Hall–Kier alpha value is -3.09. The van der Waals surface area contributed by atoms with Crippen LogP contribution in [0.2, 0.25) is 0 Å². The summed E-state index contributed by atoms with van der Waals surface area (Å²) in [5, 5.41) is 14.0. The highest BCUT2D eigenvalue weighted by molar-refractivity contribution is 5.97. The van der Waals surface area contributed by atoms with Gasteiger partial charge in [0.15, 0.2) is 5.58 Å². The molecule has 0 aliphatic carbocycles. The quantitative estimate of drug-likeness (QED) is 0.497. The van der Waals surface area contributed by atoms with Crippen molar-refractivity contribution in [2.75, 3.05) is 6.54 Å². The molecule has 27 heavy (non-hydrogen) atoms. The van der Waals surface area contributed by atoms with Crippen molar-refractivity contribution in [2.24, 2.45) is 5.92 Å². The molecule has 1 amide bonds. The van der Waals surface area contributed by atoms with Crippen LogP contribution in [0.3, 0.4) is 0 Å². The number of carbonyl (C=O) groups is 1. The zero-order valence-corrected chi connectivity index (χ0v) is 15.7. The number of nitro benzene ring substituents is 1. The van der Waals surface area contributed by atoms with Crippen molar-refractivity contribution in [3.63, 3.8) is 0 Å². The molecule has 1 N–H and O–H groups in total. The lowest BCUT2D eigenvalue weighted by Crippen LogP contribution is -2.27. The summed E-state index contributed by atoms with van der Waals surface area (Å²) in [6.45, 7) is 7.00. The van der Waals surface area contributed by atoms with E-state index >= 15 is 0 Å². The summed E-state index contributed by atoms with van der Waals surface area (Å²) < 4.78 is 7.52. The molecule has 0 bridgehead atoms. The first kappa shape index (κ1) is 18.7. The molecule has 0 unspecified atom stereocenters. The van der Waals surface area contributed by atoms with E-state index in [0.717, 1.165) is 23.3 Å². The maximum absolute atomic E-state index is 12.7. The molecule has 0 radical (unpaired) electrons. The summed E-state index contributed by atoms with van der Waals surface area (Å²) in [6, 6.07) is 10.0. The Bertz CT molecular complexity index is 984. The number of aromatic nitrogens is 1. The summed E-state index contributed by atoms with van der Waals surface area (Å²) in [4.78, 5) is 23.3. The summed E-state index contributed by atoms with van der Waals surface area (Å²) in [5.41, 5.74) is 2.69. The molecule has 7 heteroatoms. The number of nitrogens with one attached hydrogen (secondary N) is 1. The Kier molecular flexibility index (Phi) is 5.30. The highest BCUT2D eigenvalue weighted by Crippen LogP contribution is 2.25. The molecule has 0 saturated heterocycles. The van der Waals surface area contributed by atoms with Gasteiger partial charge in [0.25, 0.3) is 11.6 Å². The fourth-order valence-electron chi connectivity index (χ4n) is 3.04. The summed E-state index contributed by atoms with van der Waals surface area (Å²) in [6.07, 6.45) is 0.895. The number of amides is 1. The smallest absolute Gasteiger partial charge is 0.269 e. The molecule has 0 fully saturated rings. The van der Waals surface area contributed by atoms with E-state index < -0.39 is 4.92 Å². The number of nitro groups is 1. The van der Waals surface area contributed by atoms with Crippen molar-refractivity contribution in [3.05, 3.63) is 63.5 Å². The number of furan rings is 1. The van der Waals surface area contributed by atoms with Gasteiger partial charge >= 0.3 is 0 Å². The minimum absolute atomic E-state index is 0.0298. The highest BCUT2D eigenvalue weighted by atomic mass is 16.6. The number of rotatable bonds is 7. The van der Waals surface area contributed by atoms with Crippen molar-refractivity contribution in [1.82, 2.24) is 9.88 Å². The summed E-state index contributed by atoms with van der Waals surface area (Å²) in [5.74, 6) is 1.07. The lowest BCUT2D eigenvalue weighted by molar-refractivity contribution is -0.384. The van der Waals surface area contributed by atoms with Crippen LogP contribution < -0.4 is 5.32 Å². The number of aryl methyl sites for hydroxylation is 1. The molecule has 3 aromatic rings. The van der Waals surface area contributed by atoms with E-state index in [-0.39, 0.29) is 11.6 Å². The van der Waals surface area contributed by atoms with E-state index in [0.29, 0.717) is 30.3 Å². The summed E-state index contributed by atoms with van der Waals surface area (Å²) in [7, 11) is 0. The van der Waals surface area contributed by atoms with Crippen molar-refractivity contribution >= 4 is 22.7 Å². The minimum Gasteiger partial charge on any atom is -0.460 e. The van der Waals surface area contributed by atoms with E-state index in [1.165, 1.54) is 12.1 Å². The number of non-ortho nitro benzene ring substituents is 1. The molecule has 0 aliphatic rings. The zero-order chi connectivity index (χ0) is 19.6. The molecular formula is C20H23N3O4. The number of carbonyl (C=O) groups excluding carboxylic acids is 1. The predicted octanol–water partition coefficient (Wildman–Crippen LogP) is 4.28. The molecule has 1 aromatic carbocycles. The third kappa shape index (κ3) is 4.19. The van der Waals surface area contributed by atoms with Crippen LogP contribution in [0.15, 0.2) is 40.8 Å². The van der Waals surface area contributed by atoms with Gasteiger partial charge in [-0.25, -0.2) is 0 Å². The maximum atomic E-state index is 12.7. The van der Waals surface area contributed by atoms with Gasteiger partial charge in [-0.3, -0.25) is 14.9 Å². The van der Waals surface area contributed by atoms with Crippen molar-refractivity contribution in [3.8, 4) is 0 Å². The van der Waals surface area contributed by atoms with Gasteiger partial charge in [0.2, 0.25) is 0 Å². The Morgan fingerprint density at radius 3 is 2.78 bits per heavy atom. The van der Waals surface area contributed by atoms with Gasteiger partial charge in [0.1, 0.15) is 11.5 Å². The average Bonchev–Trinajstić information content (AvgIpc) is 3.12. The SMILES string of the molecule is Cc1cc2c(cc(C(=O)NCCC(C)C)n2Cc2cccc([N+](=O)[O-])c2)o1. The van der Waals surface area contributed by atoms with Crippen molar-refractivity contribution < 1.29 is 14.1 Å². The van der Waals surface area contributed by atoms with Crippen molar-refractivity contribution in [1.29, 1.82) is 0 Å². The van der Waals surface area contributed by atoms with Crippen LogP contribution in [0.25, 0.3) is 11.1 Å². The van der Waals surface area contributed by atoms with E-state index in [1.54, 1.807) is 12.1 Å². The number of fused-ring (bicyclic) bond motifs is 1. The van der Waals surface area contributed by atoms with Crippen LogP contribution in [-0.2, 0) is 6.54 Å². The Morgan fingerprint density at radius 2 is 2.07 bits per heavy atom. The number of benzene rings is 1. The standard InChI is InChI=1S/C20H23N3O4/c1-13(2)7-8-21-20(24)18-11-19-17(9-14(3)27-19)22(18)12-15-5-4-6-16(10-15)23(25)26/h4-6,9-11,13H,7-8,12H2,1-3H3,(H,21,24). The van der Waals surface area contributed by atoms with Gasteiger partial charge < -0.3 is 14.3 Å². The molecule has 0 aliphatic heterocycles. The number of hydrogen-bond donors (Lipinski definition) is 1. The second-order valence-electron chi connectivity index (χ2n) is 7.09. The molecule has 0 saturated carbocycles. The van der Waals surface area contributed by atoms with Gasteiger partial charge in [-0.2, -0.15) is 0 Å². The average molecular weight is 369 g/mol. The number of nitrogens with zero attached hydrogens (tertiary/aromatic N) is 2. The zero-order valence-electron chi connectivity index (χ0n) is 15.7. The Morgan fingerprint density at radius 1 is 1.30 bits per heavy atom. The third-order valence-corrected chi connectivity index (χ3v) is 4.41. The predicted molar refractivity (Wildman–Crippen MR) is 103 cm³/mol. The number of hydrogen-bond acceptors (Lipinski definition) is 4. The Labute approximate surface area is 157 Å². The monoisotopic (exact) mass is 369 g/mol. The molecule has 2 aromatic heterocycles. The van der Waals surface area contributed by atoms with E-state index in [9.17, 15) is 14.9 Å². The van der Waals surface area contributed by atoms with Gasteiger partial charge in [0, 0.05) is 37.4 Å². The van der Waals surface area contributed by atoms with Gasteiger partial charge in [-0.15, -0.1) is 0 Å². The van der Waals surface area contributed by atoms with E-state index in [2.05, 4.69) is 19.2 Å². The van der Waals surface area contributed by atoms with E-state index in [1.807, 2.05) is 23.6 Å². The van der Waals surface area contributed by atoms with Crippen LogP contribution >= 0.6 is 0 Å². The van der Waals surface area contributed by atoms with Crippen LogP contribution in [-0.4, -0.2) is 21.9 Å². The molecule has 142 valence electrons. The first-order chi connectivity index (χ1) is 12.8. The minimum atomic E-state index is -0.420. The van der Waals surface area contributed by atoms with Gasteiger partial charge in [-0.1, -0.05) is 26.0 Å². The fourth-order valence-corrected chi connectivity index (χ4v) is 3.04. The molecule has 2 heterocycles. The largest absolute Gasteiger partial charge is 0.460 e. The normalized spacial score (nSPS) is 11.3. The van der Waals surface area contributed by atoms with Crippen LogP contribution in [0, 0.1) is 23.0 Å². The first-order valence-electron chi connectivity index (χ1n) is 8.96. The molecule has 0 spiro atoms. The van der Waals surface area contributed by atoms with Crippen LogP contribution in [0.5, 0.6) is 0 Å². The highest BCUT2D eigenvalue weighted by Gasteiger charge is 2.19. The van der Waals surface area contributed by atoms with Gasteiger partial charge in [0.05, 0.1) is 10.4 Å². The maximum Gasteiger partial charge on any atom is 0.269 e. The molecule has 7 nitrogen and oxygen atoms in total. The Balaban J connectivity index is 1.93. The lowest BCUT2D eigenvalue weighted by Gasteiger charge is -2.11. The third-order valence-electron chi connectivity index (χ3n) is 4.41. The molecule has 0 atom stereocenters. The van der Waals surface area contributed by atoms with E-state index in [4.69, 9.17) is 4.42 Å². The molecular weight excluding hydrogens is 346 g/mol. The second-order valence-corrected chi connectivity index (χ2v) is 7.09. The first-order valence-corrected chi connectivity index (χ1v) is 8.96. The van der Waals surface area contributed by atoms with Crippen LogP contribution in [0.4, 0.5) is 5.69 Å². The second kappa shape index (κ2) is 7.65. The lowest BCUT2D eigenvalue weighted by atomic mass is 10.1. The topological polar surface area (TPSA) is 90.3 Å². The summed E-state index contributed by atoms with van der Waals surface area (Å²) >= 11 is 0. The molecule has 3 rings (SSSR count). The van der Waals surface area contributed by atoms with Gasteiger partial charge in [-0.05, 0) is 24.8 Å².